The smallest absolute Gasteiger partial charge is 0.326 e. The normalized spacial score (nSPS) is 14.0. The van der Waals surface area contributed by atoms with Gasteiger partial charge in [-0.2, -0.15) is 0 Å². The topological polar surface area (TPSA) is 253 Å². The molecule has 5 amide bonds. The number of nitrogens with one attached hydrogen (secondary N) is 4. The number of nitrogens with two attached hydrogens (primary N) is 3. The SMILES string of the molecule is CC(C)CC(NC(=O)C(N)CCC(N)=O)C(=O)NC(Cc1c[nH]c2ccccc12)C(=O)NC(CCC(N)=O)C(=O)O. The van der Waals surface area contributed by atoms with E-state index in [2.05, 4.69) is 20.9 Å². The minimum atomic E-state index is -1.42. The number of primary amides is 2. The van der Waals surface area contributed by atoms with E-state index in [4.69, 9.17) is 17.2 Å². The minimum absolute atomic E-state index is 0.00927. The number of amides is 5. The van der Waals surface area contributed by atoms with Crippen molar-refractivity contribution in [2.45, 2.75) is 76.5 Å². The highest BCUT2D eigenvalue weighted by molar-refractivity contribution is 5.95. The molecular formula is C27H39N7O7. The van der Waals surface area contributed by atoms with Crippen LogP contribution in [0.5, 0.6) is 0 Å². The summed E-state index contributed by atoms with van der Waals surface area (Å²) in [5.74, 6) is -4.90. The van der Waals surface area contributed by atoms with Crippen molar-refractivity contribution < 1.29 is 33.9 Å². The first-order chi connectivity index (χ1) is 19.3. The van der Waals surface area contributed by atoms with Crippen molar-refractivity contribution in [2.24, 2.45) is 23.1 Å². The van der Waals surface area contributed by atoms with Gasteiger partial charge in [0.05, 0.1) is 6.04 Å². The van der Waals surface area contributed by atoms with Gasteiger partial charge >= 0.3 is 5.97 Å². The van der Waals surface area contributed by atoms with E-state index in [1.807, 2.05) is 38.1 Å². The molecule has 2 rings (SSSR count). The van der Waals surface area contributed by atoms with Gasteiger partial charge in [-0.15, -0.1) is 0 Å². The molecule has 4 unspecified atom stereocenters. The first-order valence-electron chi connectivity index (χ1n) is 13.3. The molecule has 14 nitrogen and oxygen atoms in total. The Morgan fingerprint density at radius 2 is 1.39 bits per heavy atom. The molecule has 224 valence electrons. The van der Waals surface area contributed by atoms with Gasteiger partial charge in [-0.3, -0.25) is 24.0 Å². The van der Waals surface area contributed by atoms with E-state index in [0.29, 0.717) is 5.56 Å². The van der Waals surface area contributed by atoms with Gasteiger partial charge in [-0.05, 0) is 36.8 Å². The number of rotatable bonds is 17. The second kappa shape index (κ2) is 15.4. The van der Waals surface area contributed by atoms with Crippen molar-refractivity contribution >= 4 is 46.4 Å². The number of H-pyrrole nitrogens is 1. The third-order valence-electron chi connectivity index (χ3n) is 6.40. The largest absolute Gasteiger partial charge is 0.480 e. The number of hydrogen-bond donors (Lipinski definition) is 8. The lowest BCUT2D eigenvalue weighted by Gasteiger charge is -2.26. The number of carbonyl (C=O) groups is 6. The second-order valence-electron chi connectivity index (χ2n) is 10.3. The standard InChI is InChI=1S/C27H39N7O7/c1-14(2)11-20(33-24(37)17(28)7-9-22(29)35)25(38)34-21(12-15-13-31-18-6-4-3-5-16(15)18)26(39)32-19(27(40)41)8-10-23(30)36/h3-6,13-14,17,19-21,31H,7-12,28H2,1-2H3,(H2,29,35)(H2,30,36)(H,32,39)(H,33,37)(H,34,38)(H,40,41). The molecule has 0 aliphatic heterocycles. The van der Waals surface area contributed by atoms with Gasteiger partial charge in [0.1, 0.15) is 18.1 Å². The van der Waals surface area contributed by atoms with Crippen LogP contribution < -0.4 is 33.2 Å². The predicted molar refractivity (Wildman–Crippen MR) is 150 cm³/mol. The summed E-state index contributed by atoms with van der Waals surface area (Å²) in [6.07, 6.45) is 1.26. The fourth-order valence-corrected chi connectivity index (χ4v) is 4.23. The summed E-state index contributed by atoms with van der Waals surface area (Å²) in [5.41, 5.74) is 17.6. The van der Waals surface area contributed by atoms with Crippen molar-refractivity contribution in [3.05, 3.63) is 36.0 Å². The molecule has 0 spiro atoms. The van der Waals surface area contributed by atoms with Gasteiger partial charge in [0, 0.05) is 36.4 Å². The average molecular weight is 574 g/mol. The second-order valence-corrected chi connectivity index (χ2v) is 10.3. The van der Waals surface area contributed by atoms with Gasteiger partial charge in [0.2, 0.25) is 29.5 Å². The van der Waals surface area contributed by atoms with Gasteiger partial charge in [-0.25, -0.2) is 4.79 Å². The molecule has 41 heavy (non-hydrogen) atoms. The zero-order valence-corrected chi connectivity index (χ0v) is 23.1. The van der Waals surface area contributed by atoms with Gasteiger partial charge in [-0.1, -0.05) is 32.0 Å². The first-order valence-corrected chi connectivity index (χ1v) is 13.3. The minimum Gasteiger partial charge on any atom is -0.480 e. The third-order valence-corrected chi connectivity index (χ3v) is 6.40. The summed E-state index contributed by atoms with van der Waals surface area (Å²) in [4.78, 5) is 76.6. The van der Waals surface area contributed by atoms with Crippen molar-refractivity contribution in [3.63, 3.8) is 0 Å². The summed E-state index contributed by atoms with van der Waals surface area (Å²) < 4.78 is 0. The molecule has 2 aromatic rings. The fourth-order valence-electron chi connectivity index (χ4n) is 4.23. The maximum Gasteiger partial charge on any atom is 0.326 e. The lowest BCUT2D eigenvalue weighted by molar-refractivity contribution is -0.142. The van der Waals surface area contributed by atoms with E-state index in [1.54, 1.807) is 6.20 Å². The quantitative estimate of drug-likeness (QED) is 0.118. The Bertz CT molecular complexity index is 1260. The van der Waals surface area contributed by atoms with E-state index in [9.17, 15) is 33.9 Å². The molecule has 0 radical (unpaired) electrons. The molecule has 1 aromatic carbocycles. The highest BCUT2D eigenvalue weighted by atomic mass is 16.4. The van der Waals surface area contributed by atoms with Crippen LogP contribution in [0.4, 0.5) is 0 Å². The van der Waals surface area contributed by atoms with Crippen LogP contribution in [0.3, 0.4) is 0 Å². The molecule has 0 bridgehead atoms. The summed E-state index contributed by atoms with van der Waals surface area (Å²) in [6.45, 7) is 3.68. The highest BCUT2D eigenvalue weighted by Gasteiger charge is 2.31. The zero-order valence-electron chi connectivity index (χ0n) is 23.1. The monoisotopic (exact) mass is 573 g/mol. The van der Waals surface area contributed by atoms with E-state index in [-0.39, 0.29) is 44.4 Å². The average Bonchev–Trinajstić information content (AvgIpc) is 3.30. The van der Waals surface area contributed by atoms with Crippen molar-refractivity contribution in [3.8, 4) is 0 Å². The number of carbonyl (C=O) groups excluding carboxylic acids is 5. The molecule has 11 N–H and O–H groups in total. The number of aromatic amines is 1. The zero-order chi connectivity index (χ0) is 30.7. The predicted octanol–water partition coefficient (Wildman–Crippen LogP) is -0.846. The van der Waals surface area contributed by atoms with Crippen molar-refractivity contribution in [1.82, 2.24) is 20.9 Å². The molecule has 0 aliphatic carbocycles. The summed E-state index contributed by atoms with van der Waals surface area (Å²) in [6, 6.07) is 2.49. The van der Waals surface area contributed by atoms with Crippen LogP contribution in [0, 0.1) is 5.92 Å². The summed E-state index contributed by atoms with van der Waals surface area (Å²) in [5, 5.41) is 18.0. The van der Waals surface area contributed by atoms with Crippen LogP contribution in [-0.4, -0.2) is 69.8 Å². The number of fused-ring (bicyclic) bond motifs is 1. The molecule has 14 heteroatoms. The Balaban J connectivity index is 2.30. The van der Waals surface area contributed by atoms with Crippen LogP contribution in [0.1, 0.15) is 51.5 Å². The third kappa shape index (κ3) is 10.6. The number of carboxylic acid groups (broad SMARTS) is 1. The molecule has 0 saturated heterocycles. The fraction of sp³-hybridized carbons (Fsp3) is 0.481. The number of para-hydroxylation sites is 1. The number of hydrogen-bond acceptors (Lipinski definition) is 7. The van der Waals surface area contributed by atoms with Gasteiger partial charge < -0.3 is 43.2 Å². The summed E-state index contributed by atoms with van der Waals surface area (Å²) in [7, 11) is 0. The summed E-state index contributed by atoms with van der Waals surface area (Å²) >= 11 is 0. The Labute approximate surface area is 237 Å². The molecule has 0 fully saturated rings. The first kappa shape index (κ1) is 32.8. The molecular weight excluding hydrogens is 534 g/mol. The molecule has 1 aromatic heterocycles. The Kier molecular flexibility index (Phi) is 12.3. The van der Waals surface area contributed by atoms with Gasteiger partial charge in [0.25, 0.3) is 0 Å². The molecule has 4 atom stereocenters. The van der Waals surface area contributed by atoms with E-state index in [1.165, 1.54) is 0 Å². The van der Waals surface area contributed by atoms with Crippen LogP contribution in [0.15, 0.2) is 30.5 Å². The number of aromatic nitrogens is 1. The van der Waals surface area contributed by atoms with Gasteiger partial charge in [0.15, 0.2) is 0 Å². The Morgan fingerprint density at radius 1 is 0.829 bits per heavy atom. The lowest BCUT2D eigenvalue weighted by atomic mass is 10.00. The van der Waals surface area contributed by atoms with E-state index in [0.717, 1.165) is 10.9 Å². The maximum atomic E-state index is 13.4. The van der Waals surface area contributed by atoms with E-state index < -0.39 is 59.7 Å². The van der Waals surface area contributed by atoms with Crippen molar-refractivity contribution in [1.29, 1.82) is 0 Å². The van der Waals surface area contributed by atoms with Crippen LogP contribution >= 0.6 is 0 Å². The number of aliphatic carboxylic acids is 1. The molecule has 0 saturated carbocycles. The Hall–Kier alpha value is -4.46. The van der Waals surface area contributed by atoms with Crippen LogP contribution in [-0.2, 0) is 35.2 Å². The number of carboxylic acids is 1. The molecule has 0 aliphatic rings. The lowest BCUT2D eigenvalue weighted by Crippen LogP contribution is -2.58. The highest BCUT2D eigenvalue weighted by Crippen LogP contribution is 2.19. The molecule has 1 heterocycles. The van der Waals surface area contributed by atoms with Crippen molar-refractivity contribution in [2.75, 3.05) is 0 Å². The van der Waals surface area contributed by atoms with E-state index >= 15 is 0 Å². The maximum absolute atomic E-state index is 13.4. The Morgan fingerprint density at radius 3 is 2.00 bits per heavy atom. The number of benzene rings is 1. The van der Waals surface area contributed by atoms with Crippen LogP contribution in [0.2, 0.25) is 0 Å². The van der Waals surface area contributed by atoms with Crippen LogP contribution in [0.25, 0.3) is 10.9 Å².